The highest BCUT2D eigenvalue weighted by Gasteiger charge is 2.35. The van der Waals surface area contributed by atoms with E-state index in [0.717, 1.165) is 5.56 Å². The van der Waals surface area contributed by atoms with Crippen LogP contribution in [0.25, 0.3) is 11.4 Å². The van der Waals surface area contributed by atoms with Gasteiger partial charge in [0.2, 0.25) is 12.2 Å². The highest BCUT2D eigenvalue weighted by atomic mass is 16.5. The summed E-state index contributed by atoms with van der Waals surface area (Å²) >= 11 is 0. The molecule has 0 bridgehead atoms. The van der Waals surface area contributed by atoms with E-state index in [0.29, 0.717) is 31.0 Å². The highest BCUT2D eigenvalue weighted by Crippen LogP contribution is 2.32. The van der Waals surface area contributed by atoms with E-state index in [-0.39, 0.29) is 17.7 Å². The van der Waals surface area contributed by atoms with Crippen molar-refractivity contribution >= 4 is 5.91 Å². The Kier molecular flexibility index (Phi) is 4.50. The minimum Gasteiger partial charge on any atom is -0.342 e. The number of carbonyl (C=O) groups is 1. The monoisotopic (exact) mass is 348 g/mol. The molecule has 1 aliphatic rings. The van der Waals surface area contributed by atoms with Gasteiger partial charge in [0, 0.05) is 30.1 Å². The molecule has 0 radical (unpaired) electrons. The highest BCUT2D eigenvalue weighted by molar-refractivity contribution is 5.95. The van der Waals surface area contributed by atoms with Gasteiger partial charge >= 0.3 is 0 Å². The average molecular weight is 348 g/mol. The maximum atomic E-state index is 12.9. The van der Waals surface area contributed by atoms with Gasteiger partial charge in [0.25, 0.3) is 5.91 Å². The van der Waals surface area contributed by atoms with E-state index < -0.39 is 0 Å². The van der Waals surface area contributed by atoms with Crippen molar-refractivity contribution in [3.05, 3.63) is 72.1 Å². The van der Waals surface area contributed by atoms with E-state index >= 15 is 0 Å². The van der Waals surface area contributed by atoms with Crippen molar-refractivity contribution in [3.63, 3.8) is 0 Å². The third kappa shape index (κ3) is 3.11. The van der Waals surface area contributed by atoms with Gasteiger partial charge in [0.05, 0.1) is 0 Å². The molecule has 6 heteroatoms. The van der Waals surface area contributed by atoms with Gasteiger partial charge in [-0.15, -0.1) is 0 Å². The number of amides is 1. The van der Waals surface area contributed by atoms with E-state index in [1.54, 1.807) is 12.1 Å². The van der Waals surface area contributed by atoms with Crippen LogP contribution < -0.4 is 5.73 Å². The second-order valence-electron chi connectivity index (χ2n) is 6.56. The van der Waals surface area contributed by atoms with E-state index in [2.05, 4.69) is 22.3 Å². The van der Waals surface area contributed by atoms with Crippen LogP contribution in [-0.4, -0.2) is 40.6 Å². The minimum absolute atomic E-state index is 0.0292. The molecule has 0 unspecified atom stereocenters. The summed E-state index contributed by atoms with van der Waals surface area (Å²) in [5.41, 5.74) is 8.69. The maximum absolute atomic E-state index is 12.9. The number of likely N-dealkylation sites (tertiary alicyclic amines) is 1. The third-order valence-corrected chi connectivity index (χ3v) is 5.01. The maximum Gasteiger partial charge on any atom is 0.253 e. The molecule has 6 nitrogen and oxygen atoms in total. The quantitative estimate of drug-likeness (QED) is 0.783. The molecular formula is C20H20N4O2. The Morgan fingerprint density at radius 1 is 1.12 bits per heavy atom. The summed E-state index contributed by atoms with van der Waals surface area (Å²) < 4.78 is 4.76. The van der Waals surface area contributed by atoms with Crippen molar-refractivity contribution in [2.75, 3.05) is 19.6 Å². The van der Waals surface area contributed by atoms with Crippen molar-refractivity contribution in [3.8, 4) is 11.4 Å². The average Bonchev–Trinajstić information content (AvgIpc) is 3.38. The van der Waals surface area contributed by atoms with Crippen molar-refractivity contribution < 1.29 is 9.32 Å². The molecule has 3 aromatic rings. The molecule has 1 amide bonds. The summed E-state index contributed by atoms with van der Waals surface area (Å²) in [6, 6.07) is 17.6. The lowest BCUT2D eigenvalue weighted by molar-refractivity contribution is 0.0786. The number of hydrogen-bond donors (Lipinski definition) is 1. The minimum atomic E-state index is 0.0292. The van der Waals surface area contributed by atoms with Crippen LogP contribution in [0.3, 0.4) is 0 Å². The van der Waals surface area contributed by atoms with Gasteiger partial charge in [-0.1, -0.05) is 47.6 Å². The Morgan fingerprint density at radius 2 is 1.88 bits per heavy atom. The van der Waals surface area contributed by atoms with E-state index in [4.69, 9.17) is 10.3 Å². The summed E-state index contributed by atoms with van der Waals surface area (Å²) in [4.78, 5) is 18.8. The lowest BCUT2D eigenvalue weighted by atomic mass is 9.89. The molecule has 132 valence electrons. The van der Waals surface area contributed by atoms with Gasteiger partial charge in [-0.25, -0.2) is 0 Å². The smallest absolute Gasteiger partial charge is 0.253 e. The molecule has 0 spiro atoms. The van der Waals surface area contributed by atoms with Crippen molar-refractivity contribution in [1.82, 2.24) is 15.0 Å². The Hall–Kier alpha value is -2.99. The summed E-state index contributed by atoms with van der Waals surface area (Å²) in [6.45, 7) is 1.94. The number of hydrogen-bond acceptors (Lipinski definition) is 5. The second kappa shape index (κ2) is 7.09. The molecule has 4 rings (SSSR count). The molecule has 1 aromatic heterocycles. The van der Waals surface area contributed by atoms with Crippen LogP contribution in [0.4, 0.5) is 0 Å². The lowest BCUT2D eigenvalue weighted by Gasteiger charge is -2.17. The second-order valence-corrected chi connectivity index (χ2v) is 6.56. The molecule has 26 heavy (non-hydrogen) atoms. The lowest BCUT2D eigenvalue weighted by Crippen LogP contribution is -2.29. The molecule has 1 saturated heterocycles. The number of aromatic nitrogens is 2. The first-order chi connectivity index (χ1) is 12.8. The molecular weight excluding hydrogens is 328 g/mol. The number of nitrogens with two attached hydrogens (primary N) is 1. The van der Waals surface area contributed by atoms with Crippen LogP contribution in [-0.2, 0) is 0 Å². The number of carbonyl (C=O) groups excluding carboxylic acids is 1. The zero-order valence-electron chi connectivity index (χ0n) is 14.3. The standard InChI is InChI=1S/C20H20N4O2/c21-10-17-11-24(12-18(17)14-4-2-1-3-5-14)20(25)16-8-6-15(7-9-16)19-22-13-26-23-19/h1-9,13,17-18H,10-12,21H2/t17-,18+/m1/s1. The summed E-state index contributed by atoms with van der Waals surface area (Å²) in [7, 11) is 0. The van der Waals surface area contributed by atoms with Crippen molar-refractivity contribution in [2.45, 2.75) is 5.92 Å². The fraction of sp³-hybridized carbons (Fsp3) is 0.250. The molecule has 2 heterocycles. The summed E-state index contributed by atoms with van der Waals surface area (Å²) in [6.07, 6.45) is 1.29. The van der Waals surface area contributed by atoms with Crippen LogP contribution in [0.5, 0.6) is 0 Å². The Balaban J connectivity index is 1.51. The van der Waals surface area contributed by atoms with Crippen molar-refractivity contribution in [2.24, 2.45) is 11.7 Å². The van der Waals surface area contributed by atoms with Gasteiger partial charge in [0.1, 0.15) is 0 Å². The Labute approximate surface area is 151 Å². The van der Waals surface area contributed by atoms with Crippen LogP contribution >= 0.6 is 0 Å². The van der Waals surface area contributed by atoms with Crippen LogP contribution in [0.15, 0.2) is 65.5 Å². The SMILES string of the molecule is NC[C@@H]1CN(C(=O)c2ccc(-c3ncon3)cc2)C[C@H]1c1ccccc1. The van der Waals surface area contributed by atoms with Gasteiger partial charge in [-0.3, -0.25) is 4.79 Å². The molecule has 2 aromatic carbocycles. The van der Waals surface area contributed by atoms with Crippen LogP contribution in [0.2, 0.25) is 0 Å². The topological polar surface area (TPSA) is 85.2 Å². The number of nitrogens with zero attached hydrogens (tertiary/aromatic N) is 3. The van der Waals surface area contributed by atoms with Crippen LogP contribution in [0.1, 0.15) is 21.8 Å². The molecule has 0 aliphatic carbocycles. The molecule has 2 N–H and O–H groups in total. The summed E-state index contributed by atoms with van der Waals surface area (Å²) in [5, 5.41) is 3.81. The predicted octanol–water partition coefficient (Wildman–Crippen LogP) is 2.55. The summed E-state index contributed by atoms with van der Waals surface area (Å²) in [5.74, 6) is 1.10. The first kappa shape index (κ1) is 16.5. The van der Waals surface area contributed by atoms with Crippen LogP contribution in [0, 0.1) is 5.92 Å². The molecule has 1 fully saturated rings. The first-order valence-electron chi connectivity index (χ1n) is 8.67. The van der Waals surface area contributed by atoms with Crippen molar-refractivity contribution in [1.29, 1.82) is 0 Å². The molecule has 1 aliphatic heterocycles. The zero-order valence-corrected chi connectivity index (χ0v) is 14.3. The largest absolute Gasteiger partial charge is 0.342 e. The molecule has 0 saturated carbocycles. The van der Waals surface area contributed by atoms with E-state index in [1.807, 2.05) is 35.2 Å². The number of benzene rings is 2. The van der Waals surface area contributed by atoms with E-state index in [1.165, 1.54) is 12.0 Å². The van der Waals surface area contributed by atoms with E-state index in [9.17, 15) is 4.79 Å². The fourth-order valence-electron chi connectivity index (χ4n) is 3.60. The molecule has 2 atom stereocenters. The van der Waals surface area contributed by atoms with Gasteiger partial charge in [-0.05, 0) is 30.2 Å². The normalized spacial score (nSPS) is 19.7. The number of rotatable bonds is 4. The van der Waals surface area contributed by atoms with Gasteiger partial charge in [0.15, 0.2) is 0 Å². The Morgan fingerprint density at radius 3 is 2.54 bits per heavy atom. The fourth-order valence-corrected chi connectivity index (χ4v) is 3.60. The van der Waals surface area contributed by atoms with Gasteiger partial charge < -0.3 is 15.2 Å². The third-order valence-electron chi connectivity index (χ3n) is 5.01. The zero-order chi connectivity index (χ0) is 17.9. The predicted molar refractivity (Wildman–Crippen MR) is 97.4 cm³/mol. The first-order valence-corrected chi connectivity index (χ1v) is 8.67. The Bertz CT molecular complexity index is 863. The van der Waals surface area contributed by atoms with Gasteiger partial charge in [-0.2, -0.15) is 4.98 Å².